The summed E-state index contributed by atoms with van der Waals surface area (Å²) in [5.74, 6) is 1.02. The van der Waals surface area contributed by atoms with E-state index < -0.39 is 27.3 Å². The zero-order valence-corrected chi connectivity index (χ0v) is 16.7. The monoisotopic (exact) mass is 415 g/mol. The summed E-state index contributed by atoms with van der Waals surface area (Å²) in [5.41, 5.74) is 0.0719. The molecule has 4 saturated carbocycles. The summed E-state index contributed by atoms with van der Waals surface area (Å²) in [7, 11) is -3.78. The molecule has 148 valence electrons. The third kappa shape index (κ3) is 4.00. The van der Waals surface area contributed by atoms with Gasteiger partial charge in [-0.1, -0.05) is 11.6 Å². The summed E-state index contributed by atoms with van der Waals surface area (Å²) >= 11 is 6.21. The highest BCUT2D eigenvalue weighted by molar-refractivity contribution is 7.89. The topological polar surface area (TPSA) is 72.5 Å². The Morgan fingerprint density at radius 1 is 1.19 bits per heavy atom. The predicted octanol–water partition coefficient (Wildman–Crippen LogP) is 3.51. The third-order valence-electron chi connectivity index (χ3n) is 6.23. The molecule has 0 aliphatic heterocycles. The van der Waals surface area contributed by atoms with Crippen LogP contribution in [0, 0.1) is 29.5 Å². The number of halogens is 2. The number of carbonyl (C=O) groups excluding carboxylic acids is 1. The van der Waals surface area contributed by atoms with Crippen molar-refractivity contribution in [1.29, 1.82) is 0 Å². The minimum atomic E-state index is -3.78. The summed E-state index contributed by atoms with van der Waals surface area (Å²) in [4.78, 5) is 11.9. The standard InChI is InChI=1S/C19H23ClFNO4S/c1-27(24,25)22-19(23)15-8-16(20)14(7-17(15)21)9-26-18-12-3-10-2-11(5-12)6-13(18)4-10/h7-8,10-13,18H,2-6,9H2,1H3,(H,22,23). The van der Waals surface area contributed by atoms with E-state index >= 15 is 0 Å². The Bertz CT molecular complexity index is 845. The molecular weight excluding hydrogens is 393 g/mol. The average molecular weight is 416 g/mol. The smallest absolute Gasteiger partial charge is 0.267 e. The summed E-state index contributed by atoms with van der Waals surface area (Å²) in [6.07, 6.45) is 7.31. The third-order valence-corrected chi connectivity index (χ3v) is 7.14. The molecule has 1 amide bonds. The van der Waals surface area contributed by atoms with E-state index in [0.717, 1.165) is 30.2 Å². The molecule has 0 atom stereocenters. The number of hydrogen-bond acceptors (Lipinski definition) is 4. The molecule has 1 N–H and O–H groups in total. The van der Waals surface area contributed by atoms with Crippen molar-refractivity contribution in [2.24, 2.45) is 23.7 Å². The molecular formula is C19H23ClFNO4S. The molecule has 4 aliphatic rings. The molecule has 0 unspecified atom stereocenters. The van der Waals surface area contributed by atoms with Crippen LogP contribution in [0.2, 0.25) is 5.02 Å². The van der Waals surface area contributed by atoms with E-state index in [2.05, 4.69) is 0 Å². The minimum absolute atomic E-state index is 0.191. The first-order valence-electron chi connectivity index (χ1n) is 9.31. The van der Waals surface area contributed by atoms with Crippen molar-refractivity contribution in [1.82, 2.24) is 4.72 Å². The Morgan fingerprint density at radius 3 is 2.33 bits per heavy atom. The van der Waals surface area contributed by atoms with Crippen molar-refractivity contribution in [2.75, 3.05) is 6.26 Å². The first kappa shape index (κ1) is 19.2. The van der Waals surface area contributed by atoms with E-state index in [4.69, 9.17) is 16.3 Å². The number of benzene rings is 1. The predicted molar refractivity (Wildman–Crippen MR) is 99.3 cm³/mol. The lowest BCUT2D eigenvalue weighted by Crippen LogP contribution is -2.49. The SMILES string of the molecule is CS(=O)(=O)NC(=O)c1cc(Cl)c(COC2C3CC4CC(C3)CC2C4)cc1F. The molecule has 0 aromatic heterocycles. The van der Waals surface area contributed by atoms with E-state index in [1.54, 1.807) is 4.72 Å². The maximum Gasteiger partial charge on any atom is 0.267 e. The minimum Gasteiger partial charge on any atom is -0.373 e. The van der Waals surface area contributed by atoms with Crippen LogP contribution in [0.3, 0.4) is 0 Å². The highest BCUT2D eigenvalue weighted by Gasteiger charge is 2.48. The Labute approximate surface area is 163 Å². The number of amides is 1. The molecule has 1 aromatic rings. The largest absolute Gasteiger partial charge is 0.373 e. The number of hydrogen-bond donors (Lipinski definition) is 1. The fraction of sp³-hybridized carbons (Fsp3) is 0.632. The van der Waals surface area contributed by atoms with Gasteiger partial charge >= 0.3 is 0 Å². The first-order chi connectivity index (χ1) is 12.7. The lowest BCUT2D eigenvalue weighted by molar-refractivity contribution is -0.132. The number of sulfonamides is 1. The van der Waals surface area contributed by atoms with E-state index in [9.17, 15) is 17.6 Å². The molecule has 5 nitrogen and oxygen atoms in total. The van der Waals surface area contributed by atoms with Crippen LogP contribution in [0.5, 0.6) is 0 Å². The van der Waals surface area contributed by atoms with Crippen molar-refractivity contribution >= 4 is 27.5 Å². The van der Waals surface area contributed by atoms with Gasteiger partial charge in [0.2, 0.25) is 10.0 Å². The van der Waals surface area contributed by atoms with E-state index in [-0.39, 0.29) is 17.7 Å². The lowest BCUT2D eigenvalue weighted by atomic mass is 9.55. The lowest BCUT2D eigenvalue weighted by Gasteiger charge is -2.54. The van der Waals surface area contributed by atoms with Crippen molar-refractivity contribution in [3.8, 4) is 0 Å². The first-order valence-corrected chi connectivity index (χ1v) is 11.6. The van der Waals surface area contributed by atoms with Gasteiger partial charge in [0.1, 0.15) is 5.82 Å². The van der Waals surface area contributed by atoms with Gasteiger partial charge in [0.15, 0.2) is 0 Å². The normalized spacial score (nSPS) is 31.9. The zero-order chi connectivity index (χ0) is 19.3. The number of rotatable bonds is 5. The van der Waals surface area contributed by atoms with Crippen molar-refractivity contribution in [3.05, 3.63) is 34.1 Å². The van der Waals surface area contributed by atoms with Gasteiger partial charge in [0, 0.05) is 5.02 Å². The second kappa shape index (κ2) is 7.01. The van der Waals surface area contributed by atoms with E-state index in [0.29, 0.717) is 17.4 Å². The van der Waals surface area contributed by atoms with Gasteiger partial charge in [-0.15, -0.1) is 0 Å². The Morgan fingerprint density at radius 2 is 1.78 bits per heavy atom. The van der Waals surface area contributed by atoms with Gasteiger partial charge in [-0.25, -0.2) is 17.5 Å². The van der Waals surface area contributed by atoms with Crippen LogP contribution in [-0.2, 0) is 21.4 Å². The highest BCUT2D eigenvalue weighted by atomic mass is 35.5. The summed E-state index contributed by atoms with van der Waals surface area (Å²) in [5, 5.41) is 0.193. The van der Waals surface area contributed by atoms with Crippen LogP contribution in [-0.4, -0.2) is 26.7 Å². The highest BCUT2D eigenvalue weighted by Crippen LogP contribution is 2.54. The van der Waals surface area contributed by atoms with Gasteiger partial charge in [0.25, 0.3) is 5.91 Å². The summed E-state index contributed by atoms with van der Waals surface area (Å²) in [6.45, 7) is 0.191. The number of nitrogens with one attached hydrogen (secondary N) is 1. The van der Waals surface area contributed by atoms with Crippen LogP contribution in [0.25, 0.3) is 0 Å². The number of carbonyl (C=O) groups is 1. The van der Waals surface area contributed by atoms with Gasteiger partial charge < -0.3 is 4.74 Å². The van der Waals surface area contributed by atoms with Crippen LogP contribution >= 0.6 is 11.6 Å². The molecule has 0 heterocycles. The maximum atomic E-state index is 14.3. The van der Waals surface area contributed by atoms with Gasteiger partial charge in [-0.2, -0.15) is 0 Å². The van der Waals surface area contributed by atoms with Gasteiger partial charge in [-0.05, 0) is 73.5 Å². The molecule has 4 aliphatic carbocycles. The second-order valence-corrected chi connectivity index (χ2v) is 10.5. The van der Waals surface area contributed by atoms with Crippen LogP contribution < -0.4 is 4.72 Å². The molecule has 5 rings (SSSR count). The molecule has 0 radical (unpaired) electrons. The second-order valence-electron chi connectivity index (χ2n) is 8.33. The van der Waals surface area contributed by atoms with Gasteiger partial charge in [-0.3, -0.25) is 4.79 Å². The molecule has 27 heavy (non-hydrogen) atoms. The summed E-state index contributed by atoms with van der Waals surface area (Å²) < 4.78 is 44.6. The quantitative estimate of drug-likeness (QED) is 0.798. The maximum absolute atomic E-state index is 14.3. The van der Waals surface area contributed by atoms with Crippen LogP contribution in [0.15, 0.2) is 12.1 Å². The van der Waals surface area contributed by atoms with Crippen molar-refractivity contribution in [2.45, 2.75) is 44.8 Å². The molecule has 0 spiro atoms. The zero-order valence-electron chi connectivity index (χ0n) is 15.1. The Kier molecular flexibility index (Phi) is 4.97. The van der Waals surface area contributed by atoms with E-state index in [1.165, 1.54) is 32.1 Å². The Balaban J connectivity index is 1.45. The molecule has 4 fully saturated rings. The summed E-state index contributed by atoms with van der Waals surface area (Å²) in [6, 6.07) is 2.32. The molecule has 4 bridgehead atoms. The molecule has 8 heteroatoms. The number of ether oxygens (including phenoxy) is 1. The van der Waals surface area contributed by atoms with Crippen LogP contribution in [0.4, 0.5) is 4.39 Å². The molecule has 0 saturated heterocycles. The molecule has 1 aromatic carbocycles. The van der Waals surface area contributed by atoms with Crippen LogP contribution in [0.1, 0.15) is 48.0 Å². The fourth-order valence-corrected chi connectivity index (χ4v) is 6.09. The van der Waals surface area contributed by atoms with Crippen molar-refractivity contribution in [3.63, 3.8) is 0 Å². The van der Waals surface area contributed by atoms with Gasteiger partial charge in [0.05, 0.1) is 24.5 Å². The van der Waals surface area contributed by atoms with Crippen molar-refractivity contribution < 1.29 is 22.3 Å². The Hall–Kier alpha value is -1.18. The average Bonchev–Trinajstić information content (AvgIpc) is 2.54. The van der Waals surface area contributed by atoms with E-state index in [1.807, 2.05) is 0 Å². The fourth-order valence-electron chi connectivity index (χ4n) is 5.43.